The molecule has 0 aliphatic carbocycles. The summed E-state index contributed by atoms with van der Waals surface area (Å²) in [4.78, 5) is 10.3. The van der Waals surface area contributed by atoms with Crippen LogP contribution in [0.2, 0.25) is 0 Å². The first-order valence-corrected chi connectivity index (χ1v) is 8.76. The van der Waals surface area contributed by atoms with Crippen molar-refractivity contribution in [1.82, 2.24) is 0 Å². The molecule has 0 amide bonds. The van der Waals surface area contributed by atoms with Crippen LogP contribution in [-0.4, -0.2) is 23.3 Å². The van der Waals surface area contributed by atoms with Gasteiger partial charge < -0.3 is 9.84 Å². The summed E-state index contributed by atoms with van der Waals surface area (Å²) in [6.45, 7) is 2.24. The Hall–Kier alpha value is -0.830. The van der Waals surface area contributed by atoms with Gasteiger partial charge in [-0.2, -0.15) is 0 Å². The van der Waals surface area contributed by atoms with Crippen LogP contribution in [0.5, 0.6) is 0 Å². The zero-order chi connectivity index (χ0) is 15.3. The van der Waals surface area contributed by atoms with Crippen molar-refractivity contribution in [2.75, 3.05) is 0 Å². The van der Waals surface area contributed by atoms with Gasteiger partial charge in [0.25, 0.3) is 0 Å². The van der Waals surface area contributed by atoms with Crippen molar-refractivity contribution in [3.8, 4) is 0 Å². The molecular formula is C18H32O3. The van der Waals surface area contributed by atoms with Crippen LogP contribution < -0.4 is 0 Å². The van der Waals surface area contributed by atoms with Crippen LogP contribution in [0.15, 0.2) is 12.2 Å². The van der Waals surface area contributed by atoms with Gasteiger partial charge in [-0.3, -0.25) is 4.79 Å². The Morgan fingerprint density at radius 3 is 2.52 bits per heavy atom. The Kier molecular flexibility index (Phi) is 10.2. The summed E-state index contributed by atoms with van der Waals surface area (Å²) in [5.41, 5.74) is 0. The summed E-state index contributed by atoms with van der Waals surface area (Å²) in [7, 11) is 0. The first-order chi connectivity index (χ1) is 10.2. The van der Waals surface area contributed by atoms with Gasteiger partial charge in [0.05, 0.1) is 12.2 Å². The molecule has 0 unspecified atom stereocenters. The molecule has 0 aromatic heterocycles. The molecule has 0 aromatic carbocycles. The standard InChI is InChI=1S/C18H32O3/c1-2-3-10-13-16-17(21-16)14-11-8-6-4-5-7-9-12-15-18(19)20/h8,11,16-17H,2-7,9-10,12-15H2,1H3,(H,19,20)/b11-8-/t16-,17+/m0/s1. The average molecular weight is 296 g/mol. The largest absolute Gasteiger partial charge is 0.481 e. The molecule has 0 radical (unpaired) electrons. The zero-order valence-corrected chi connectivity index (χ0v) is 13.6. The molecule has 1 N–H and O–H groups in total. The maximum atomic E-state index is 10.3. The van der Waals surface area contributed by atoms with Gasteiger partial charge in [0.2, 0.25) is 0 Å². The molecule has 122 valence electrons. The van der Waals surface area contributed by atoms with E-state index in [1.165, 1.54) is 38.5 Å². The van der Waals surface area contributed by atoms with Crippen LogP contribution in [0, 0.1) is 0 Å². The van der Waals surface area contributed by atoms with Gasteiger partial charge in [-0.15, -0.1) is 0 Å². The van der Waals surface area contributed by atoms with Crippen LogP contribution >= 0.6 is 0 Å². The first-order valence-electron chi connectivity index (χ1n) is 8.76. The topological polar surface area (TPSA) is 49.8 Å². The molecule has 1 heterocycles. The minimum atomic E-state index is -0.673. The highest BCUT2D eigenvalue weighted by Crippen LogP contribution is 2.30. The van der Waals surface area contributed by atoms with Crippen molar-refractivity contribution in [3.63, 3.8) is 0 Å². The molecule has 2 atom stereocenters. The Morgan fingerprint density at radius 2 is 1.76 bits per heavy atom. The number of epoxide rings is 1. The molecule has 21 heavy (non-hydrogen) atoms. The number of hydrogen-bond acceptors (Lipinski definition) is 2. The van der Waals surface area contributed by atoms with E-state index in [1.54, 1.807) is 0 Å². The average Bonchev–Trinajstić information content (AvgIpc) is 3.19. The molecule has 0 saturated carbocycles. The van der Waals surface area contributed by atoms with Crippen molar-refractivity contribution in [3.05, 3.63) is 12.2 Å². The molecule has 1 aliphatic heterocycles. The fraction of sp³-hybridized carbons (Fsp3) is 0.833. The zero-order valence-electron chi connectivity index (χ0n) is 13.6. The van der Waals surface area contributed by atoms with Gasteiger partial charge in [-0.05, 0) is 32.1 Å². The van der Waals surface area contributed by atoms with Crippen LogP contribution in [-0.2, 0) is 9.53 Å². The lowest BCUT2D eigenvalue weighted by Gasteiger charge is -1.98. The Balaban J connectivity index is 1.81. The highest BCUT2D eigenvalue weighted by Gasteiger charge is 2.36. The second kappa shape index (κ2) is 11.8. The number of carboxylic acid groups (broad SMARTS) is 1. The summed E-state index contributed by atoms with van der Waals surface area (Å²) >= 11 is 0. The van der Waals surface area contributed by atoms with E-state index in [0.29, 0.717) is 18.6 Å². The second-order valence-corrected chi connectivity index (χ2v) is 6.12. The fourth-order valence-electron chi connectivity index (χ4n) is 2.65. The third kappa shape index (κ3) is 10.5. The number of aliphatic carboxylic acids is 1. The molecule has 3 heteroatoms. The fourth-order valence-corrected chi connectivity index (χ4v) is 2.65. The number of carboxylic acids is 1. The summed E-state index contributed by atoms with van der Waals surface area (Å²) in [6.07, 6.45) is 18.7. The minimum Gasteiger partial charge on any atom is -0.481 e. The third-order valence-electron chi connectivity index (χ3n) is 4.08. The normalized spacial score (nSPS) is 21.0. The first kappa shape index (κ1) is 18.2. The van der Waals surface area contributed by atoms with Gasteiger partial charge >= 0.3 is 5.97 Å². The predicted octanol–water partition coefficient (Wildman–Crippen LogP) is 5.10. The Bertz CT molecular complexity index is 299. The number of rotatable bonds is 14. The van der Waals surface area contributed by atoms with Gasteiger partial charge in [-0.25, -0.2) is 0 Å². The van der Waals surface area contributed by atoms with E-state index < -0.39 is 5.97 Å². The number of hydrogen-bond donors (Lipinski definition) is 1. The van der Waals surface area contributed by atoms with Gasteiger partial charge in [0, 0.05) is 6.42 Å². The highest BCUT2D eigenvalue weighted by atomic mass is 16.6. The summed E-state index contributed by atoms with van der Waals surface area (Å²) in [5.74, 6) is -0.673. The van der Waals surface area contributed by atoms with E-state index in [-0.39, 0.29) is 0 Å². The molecular weight excluding hydrogens is 264 g/mol. The quantitative estimate of drug-likeness (QED) is 0.276. The highest BCUT2D eigenvalue weighted by molar-refractivity contribution is 5.66. The van der Waals surface area contributed by atoms with Crippen LogP contribution in [0.25, 0.3) is 0 Å². The number of carbonyl (C=O) groups is 1. The summed E-state index contributed by atoms with van der Waals surface area (Å²) in [5, 5.41) is 8.52. The predicted molar refractivity (Wildman–Crippen MR) is 86.5 cm³/mol. The van der Waals surface area contributed by atoms with Gasteiger partial charge in [0.1, 0.15) is 0 Å². The molecule has 3 nitrogen and oxygen atoms in total. The van der Waals surface area contributed by atoms with Gasteiger partial charge in [0.15, 0.2) is 0 Å². The van der Waals surface area contributed by atoms with Crippen molar-refractivity contribution >= 4 is 5.97 Å². The molecule has 0 bridgehead atoms. The molecule has 1 aliphatic rings. The van der Waals surface area contributed by atoms with E-state index in [2.05, 4.69) is 19.1 Å². The number of unbranched alkanes of at least 4 members (excludes halogenated alkanes) is 7. The monoisotopic (exact) mass is 296 g/mol. The molecule has 0 aromatic rings. The minimum absolute atomic E-state index is 0.320. The second-order valence-electron chi connectivity index (χ2n) is 6.12. The smallest absolute Gasteiger partial charge is 0.303 e. The van der Waals surface area contributed by atoms with E-state index in [0.717, 1.165) is 32.1 Å². The third-order valence-corrected chi connectivity index (χ3v) is 4.08. The van der Waals surface area contributed by atoms with E-state index >= 15 is 0 Å². The van der Waals surface area contributed by atoms with Crippen molar-refractivity contribution in [1.29, 1.82) is 0 Å². The maximum Gasteiger partial charge on any atom is 0.303 e. The van der Waals surface area contributed by atoms with Crippen molar-refractivity contribution in [2.45, 2.75) is 96.2 Å². The molecule has 0 spiro atoms. The van der Waals surface area contributed by atoms with Gasteiger partial charge in [-0.1, -0.05) is 57.6 Å². The van der Waals surface area contributed by atoms with Crippen LogP contribution in [0.4, 0.5) is 0 Å². The molecule has 1 rings (SSSR count). The van der Waals surface area contributed by atoms with E-state index in [4.69, 9.17) is 9.84 Å². The maximum absolute atomic E-state index is 10.3. The SMILES string of the molecule is CCCCC[C@@H]1O[C@@H]1C/C=C\CCCCCCCC(=O)O. The Morgan fingerprint density at radius 1 is 1.00 bits per heavy atom. The Labute approximate surface area is 129 Å². The lowest BCUT2D eigenvalue weighted by atomic mass is 10.1. The van der Waals surface area contributed by atoms with E-state index in [1.807, 2.05) is 0 Å². The summed E-state index contributed by atoms with van der Waals surface area (Å²) < 4.78 is 5.66. The number of allylic oxidation sites excluding steroid dienone is 1. The summed E-state index contributed by atoms with van der Waals surface area (Å²) in [6, 6.07) is 0. The van der Waals surface area contributed by atoms with Crippen LogP contribution in [0.3, 0.4) is 0 Å². The number of ether oxygens (including phenoxy) is 1. The lowest BCUT2D eigenvalue weighted by Crippen LogP contribution is -1.93. The molecule has 1 saturated heterocycles. The lowest BCUT2D eigenvalue weighted by molar-refractivity contribution is -0.137. The van der Waals surface area contributed by atoms with Crippen LogP contribution in [0.1, 0.15) is 84.0 Å². The van der Waals surface area contributed by atoms with E-state index in [9.17, 15) is 4.79 Å². The molecule has 1 fully saturated rings. The van der Waals surface area contributed by atoms with Crippen molar-refractivity contribution in [2.24, 2.45) is 0 Å². The van der Waals surface area contributed by atoms with Crippen molar-refractivity contribution < 1.29 is 14.6 Å².